The van der Waals surface area contributed by atoms with E-state index in [2.05, 4.69) is 137 Å². The summed E-state index contributed by atoms with van der Waals surface area (Å²) in [6, 6.07) is 39.2. The number of nitrogens with zero attached hydrogens (tertiary/aromatic N) is 2. The van der Waals surface area contributed by atoms with Gasteiger partial charge in [-0.3, -0.25) is 0 Å². The van der Waals surface area contributed by atoms with E-state index in [1.807, 2.05) is 23.1 Å². The molecule has 0 unspecified atom stereocenters. The third kappa shape index (κ3) is 6.19. The minimum absolute atomic E-state index is 1.01. The fourth-order valence-electron chi connectivity index (χ4n) is 5.20. The zero-order valence-corrected chi connectivity index (χ0v) is 23.7. The maximum Gasteiger partial charge on any atom is 0.262 e. The Bertz CT molecular complexity index is 1590. The quantitative estimate of drug-likeness (QED) is 0.162. The van der Waals surface area contributed by atoms with Crippen molar-refractivity contribution < 1.29 is 4.57 Å². The molecule has 2 nitrogen and oxygen atoms in total. The van der Waals surface area contributed by atoms with E-state index in [0.29, 0.717) is 0 Å². The van der Waals surface area contributed by atoms with Gasteiger partial charge in [-0.1, -0.05) is 114 Å². The first kappa shape index (κ1) is 25.7. The molecule has 0 radical (unpaired) electrons. The van der Waals surface area contributed by atoms with Crippen LogP contribution in [0.4, 0.5) is 5.69 Å². The largest absolute Gasteiger partial charge is 0.335 e. The van der Waals surface area contributed by atoms with E-state index >= 15 is 0 Å². The van der Waals surface area contributed by atoms with E-state index in [9.17, 15) is 0 Å². The van der Waals surface area contributed by atoms with Gasteiger partial charge in [0.25, 0.3) is 5.01 Å². The van der Waals surface area contributed by atoms with Crippen LogP contribution in [0.3, 0.4) is 0 Å². The highest BCUT2D eigenvalue weighted by Gasteiger charge is 2.24. The number of hydrogen-bond donors (Lipinski definition) is 0. The molecule has 0 saturated heterocycles. The van der Waals surface area contributed by atoms with Crippen LogP contribution in [0.1, 0.15) is 29.0 Å². The van der Waals surface area contributed by atoms with Gasteiger partial charge < -0.3 is 4.90 Å². The number of hydrogen-bond acceptors (Lipinski definition) is 3. The Balaban J connectivity index is 1.20. The fraction of sp³-hybridized carbons (Fsp3) is 0.171. The molecule has 194 valence electrons. The highest BCUT2D eigenvalue weighted by molar-refractivity contribution is 8.03. The first-order chi connectivity index (χ1) is 19.3. The molecule has 0 atom stereocenters. The van der Waals surface area contributed by atoms with Crippen LogP contribution in [-0.4, -0.2) is 6.54 Å². The standard InChI is InChI=1S/C35H33N2S2/c1-3-14-28(15-4-1)18-12-26-36-30-20-7-9-22-32(30)38-34(36)24-11-25-35-37(31-21-8-10-23-33(31)39-35)27-13-19-29-16-5-2-6-17-29/h1-11,14-17,20-25H,12-13,18-19,26-27H2/q+1. The summed E-state index contributed by atoms with van der Waals surface area (Å²) in [4.78, 5) is 3.83. The molecule has 0 aliphatic carbocycles. The van der Waals surface area contributed by atoms with E-state index in [1.54, 1.807) is 0 Å². The molecular formula is C35H33N2S2+. The van der Waals surface area contributed by atoms with Crippen LogP contribution >= 0.6 is 23.1 Å². The lowest BCUT2D eigenvalue weighted by molar-refractivity contribution is -0.669. The summed E-state index contributed by atoms with van der Waals surface area (Å²) in [6.45, 7) is 2.03. The van der Waals surface area contributed by atoms with E-state index < -0.39 is 0 Å². The number of aryl methyl sites for hydroxylation is 3. The van der Waals surface area contributed by atoms with Crippen molar-refractivity contribution in [2.24, 2.45) is 0 Å². The molecule has 0 saturated carbocycles. The van der Waals surface area contributed by atoms with Crippen molar-refractivity contribution in [2.75, 3.05) is 11.4 Å². The maximum atomic E-state index is 2.49. The van der Waals surface area contributed by atoms with Gasteiger partial charge in [-0.25, -0.2) is 0 Å². The van der Waals surface area contributed by atoms with Gasteiger partial charge >= 0.3 is 0 Å². The molecule has 1 aliphatic rings. The predicted octanol–water partition coefficient (Wildman–Crippen LogP) is 8.92. The normalized spacial score (nSPS) is 14.1. The first-order valence-electron chi connectivity index (χ1n) is 13.8. The number of aromatic nitrogens is 1. The molecule has 5 aromatic rings. The number of anilines is 1. The number of para-hydroxylation sites is 2. The summed E-state index contributed by atoms with van der Waals surface area (Å²) in [5.74, 6) is 0. The number of allylic oxidation sites excluding steroid dienone is 2. The van der Waals surface area contributed by atoms with Crippen molar-refractivity contribution in [3.8, 4) is 0 Å². The van der Waals surface area contributed by atoms with E-state index in [4.69, 9.17) is 0 Å². The molecule has 0 amide bonds. The molecule has 4 aromatic carbocycles. The monoisotopic (exact) mass is 545 g/mol. The molecule has 0 N–H and O–H groups in total. The molecule has 0 fully saturated rings. The second-order valence-corrected chi connectivity index (χ2v) is 11.9. The average Bonchev–Trinajstić information content (AvgIpc) is 3.52. The second kappa shape index (κ2) is 12.5. The average molecular weight is 546 g/mol. The highest BCUT2D eigenvalue weighted by atomic mass is 32.2. The van der Waals surface area contributed by atoms with Gasteiger partial charge in [-0.2, -0.15) is 4.57 Å². The molecule has 6 rings (SSSR count). The number of benzene rings is 4. The molecular weight excluding hydrogens is 513 g/mol. The Hall–Kier alpha value is -3.60. The van der Waals surface area contributed by atoms with Crippen molar-refractivity contribution in [2.45, 2.75) is 37.1 Å². The van der Waals surface area contributed by atoms with Gasteiger partial charge in [0.15, 0.2) is 6.54 Å². The Kier molecular flexibility index (Phi) is 8.23. The van der Waals surface area contributed by atoms with Crippen molar-refractivity contribution in [3.05, 3.63) is 143 Å². The van der Waals surface area contributed by atoms with Crippen LogP contribution in [-0.2, 0) is 19.4 Å². The van der Waals surface area contributed by atoms with Gasteiger partial charge in [0.2, 0.25) is 5.52 Å². The third-order valence-corrected chi connectivity index (χ3v) is 9.39. The zero-order valence-electron chi connectivity index (χ0n) is 22.1. The molecule has 1 aliphatic heterocycles. The summed E-state index contributed by atoms with van der Waals surface area (Å²) in [5.41, 5.74) is 5.47. The van der Waals surface area contributed by atoms with Crippen LogP contribution in [0.15, 0.2) is 131 Å². The van der Waals surface area contributed by atoms with Crippen LogP contribution in [0, 0.1) is 0 Å². The summed E-state index contributed by atoms with van der Waals surface area (Å²) in [7, 11) is 0. The Morgan fingerprint density at radius 2 is 1.36 bits per heavy atom. The first-order valence-corrected chi connectivity index (χ1v) is 15.4. The highest BCUT2D eigenvalue weighted by Crippen LogP contribution is 2.45. The smallest absolute Gasteiger partial charge is 0.262 e. The lowest BCUT2D eigenvalue weighted by atomic mass is 10.1. The molecule has 2 heterocycles. The Labute approximate surface area is 240 Å². The van der Waals surface area contributed by atoms with Crippen molar-refractivity contribution >= 4 is 45.1 Å². The van der Waals surface area contributed by atoms with Crippen molar-refractivity contribution in [1.82, 2.24) is 0 Å². The number of thiazole rings is 1. The van der Waals surface area contributed by atoms with Crippen LogP contribution in [0.5, 0.6) is 0 Å². The van der Waals surface area contributed by atoms with Gasteiger partial charge in [-0.05, 0) is 54.7 Å². The summed E-state index contributed by atoms with van der Waals surface area (Å²) in [6.07, 6.45) is 11.3. The van der Waals surface area contributed by atoms with Crippen molar-refractivity contribution in [1.29, 1.82) is 0 Å². The molecule has 1 aromatic heterocycles. The third-order valence-electron chi connectivity index (χ3n) is 7.13. The lowest BCUT2D eigenvalue weighted by Crippen LogP contribution is -2.35. The summed E-state index contributed by atoms with van der Waals surface area (Å²) >= 11 is 3.76. The van der Waals surface area contributed by atoms with Crippen molar-refractivity contribution in [3.63, 3.8) is 0 Å². The molecule has 0 bridgehead atoms. The molecule has 0 spiro atoms. The number of fused-ring (bicyclic) bond motifs is 2. The van der Waals surface area contributed by atoms with Crippen LogP contribution < -0.4 is 9.47 Å². The van der Waals surface area contributed by atoms with E-state index in [1.165, 1.54) is 42.0 Å². The van der Waals surface area contributed by atoms with Crippen LogP contribution in [0.2, 0.25) is 0 Å². The number of thioether (sulfide) groups is 1. The minimum atomic E-state index is 1.01. The Morgan fingerprint density at radius 1 is 0.692 bits per heavy atom. The molecule has 4 heteroatoms. The lowest BCUT2D eigenvalue weighted by Gasteiger charge is -2.20. The predicted molar refractivity (Wildman–Crippen MR) is 168 cm³/mol. The SMILES string of the molecule is C(=Cc1sc2ccccc2[n+]1CCCc1ccccc1)C=C1Sc2ccccc2N1CCCc1ccccc1. The minimum Gasteiger partial charge on any atom is -0.335 e. The van der Waals surface area contributed by atoms with Gasteiger partial charge in [0.05, 0.1) is 10.7 Å². The van der Waals surface area contributed by atoms with E-state index in [-0.39, 0.29) is 0 Å². The number of rotatable bonds is 10. The fourth-order valence-corrected chi connectivity index (χ4v) is 7.40. The van der Waals surface area contributed by atoms with Crippen LogP contribution in [0.25, 0.3) is 16.3 Å². The zero-order chi connectivity index (χ0) is 26.3. The second-order valence-electron chi connectivity index (χ2n) is 9.82. The van der Waals surface area contributed by atoms with E-state index in [0.717, 1.165) is 38.8 Å². The maximum absolute atomic E-state index is 2.49. The summed E-state index contributed by atoms with van der Waals surface area (Å²) in [5, 5.41) is 2.61. The van der Waals surface area contributed by atoms with Gasteiger partial charge in [0.1, 0.15) is 4.70 Å². The van der Waals surface area contributed by atoms with Gasteiger partial charge in [0, 0.05) is 30.0 Å². The molecule has 39 heavy (non-hydrogen) atoms. The van der Waals surface area contributed by atoms with Gasteiger partial charge in [-0.15, -0.1) is 0 Å². The Morgan fingerprint density at radius 3 is 2.15 bits per heavy atom. The topological polar surface area (TPSA) is 7.12 Å². The summed E-state index contributed by atoms with van der Waals surface area (Å²) < 4.78 is 3.83.